The first-order valence-corrected chi connectivity index (χ1v) is 19.9. The lowest BCUT2D eigenvalue weighted by atomic mass is 9.93. The summed E-state index contributed by atoms with van der Waals surface area (Å²) in [4.78, 5) is 43.2. The molecule has 14 heteroatoms. The lowest BCUT2D eigenvalue weighted by molar-refractivity contribution is -0.136. The topological polar surface area (TPSA) is 162 Å². The Labute approximate surface area is 314 Å². The largest absolute Gasteiger partial charge is 0.497 e. The molecule has 3 amide bonds. The van der Waals surface area contributed by atoms with Crippen molar-refractivity contribution in [2.45, 2.75) is 96.8 Å². The van der Waals surface area contributed by atoms with Crippen LogP contribution in [0.1, 0.15) is 70.9 Å². The number of aliphatic hydroxyl groups excluding tert-OH is 1. The van der Waals surface area contributed by atoms with E-state index in [1.54, 1.807) is 52.1 Å². The van der Waals surface area contributed by atoms with Crippen molar-refractivity contribution in [1.29, 1.82) is 0 Å². The predicted molar refractivity (Wildman–Crippen MR) is 203 cm³/mol. The Morgan fingerprint density at radius 3 is 2.34 bits per heavy atom. The van der Waals surface area contributed by atoms with Gasteiger partial charge in [-0.1, -0.05) is 56.3 Å². The molecule has 0 radical (unpaired) electrons. The van der Waals surface area contributed by atoms with E-state index in [0.717, 1.165) is 11.1 Å². The average Bonchev–Trinajstić information content (AvgIpc) is 3.13. The highest BCUT2D eigenvalue weighted by Crippen LogP contribution is 2.53. The van der Waals surface area contributed by atoms with E-state index >= 15 is 0 Å². The van der Waals surface area contributed by atoms with Crippen molar-refractivity contribution in [2.75, 3.05) is 34.5 Å². The summed E-state index contributed by atoms with van der Waals surface area (Å²) in [5.74, 6) is -2.37. The molecule has 5 atom stereocenters. The van der Waals surface area contributed by atoms with Crippen molar-refractivity contribution in [3.63, 3.8) is 0 Å². The number of alkyl carbamates (subject to hydrolysis) is 1. The Balaban J connectivity index is 2.04. The fourth-order valence-electron chi connectivity index (χ4n) is 6.31. The number of hydrogen-bond acceptors (Lipinski definition) is 10. The van der Waals surface area contributed by atoms with Gasteiger partial charge in [-0.3, -0.25) is 14.2 Å². The summed E-state index contributed by atoms with van der Waals surface area (Å²) >= 11 is 0. The van der Waals surface area contributed by atoms with Crippen LogP contribution in [0.25, 0.3) is 0 Å². The van der Waals surface area contributed by atoms with Crippen LogP contribution in [0.15, 0.2) is 60.7 Å². The molecule has 2 unspecified atom stereocenters. The minimum Gasteiger partial charge on any atom is -0.497 e. The van der Waals surface area contributed by atoms with Crippen LogP contribution < -0.4 is 20.1 Å². The number of benzene rings is 2. The van der Waals surface area contributed by atoms with Gasteiger partial charge < -0.3 is 43.9 Å². The maximum Gasteiger partial charge on any atom is 0.408 e. The van der Waals surface area contributed by atoms with Crippen LogP contribution in [-0.4, -0.2) is 86.4 Å². The molecule has 1 heterocycles. The zero-order chi connectivity index (χ0) is 39.0. The van der Waals surface area contributed by atoms with E-state index in [4.69, 9.17) is 23.3 Å². The lowest BCUT2D eigenvalue weighted by Gasteiger charge is -2.33. The summed E-state index contributed by atoms with van der Waals surface area (Å²) in [7, 11) is 0.562. The van der Waals surface area contributed by atoms with Gasteiger partial charge in [0, 0.05) is 37.6 Å². The molecule has 0 saturated carbocycles. The summed E-state index contributed by atoms with van der Waals surface area (Å²) in [5.41, 5.74) is 1.74. The normalized spacial score (nSPS) is 21.6. The molecule has 2 aromatic carbocycles. The summed E-state index contributed by atoms with van der Waals surface area (Å²) in [6, 6.07) is 12.7. The van der Waals surface area contributed by atoms with Gasteiger partial charge in [0.1, 0.15) is 23.6 Å². The molecule has 0 aromatic heterocycles. The van der Waals surface area contributed by atoms with Crippen molar-refractivity contribution < 1.29 is 47.3 Å². The smallest absolute Gasteiger partial charge is 0.408 e. The average molecular weight is 760 g/mol. The highest BCUT2D eigenvalue weighted by Gasteiger charge is 2.43. The number of allylic oxidation sites excluding steroid dienone is 2. The highest BCUT2D eigenvalue weighted by atomic mass is 31.2. The Morgan fingerprint density at radius 2 is 1.72 bits per heavy atom. The number of nitrogens with one attached hydrogen (secondary N) is 2. The third kappa shape index (κ3) is 13.5. The molecule has 0 saturated heterocycles. The van der Waals surface area contributed by atoms with Crippen LogP contribution in [0, 0.1) is 11.8 Å². The van der Waals surface area contributed by atoms with Gasteiger partial charge in [-0.05, 0) is 69.6 Å². The SMILES string of the molecule is CCOP(=O)(OCC)[C@H](O)[C@@H]1CC(C(=O)N(C)Cc2ccc(OC)cc2OC)C/C=C\CCC(Cc2ccccc2)OC(=O)N[C@@H](CC(C)C)C(=O)N1. The van der Waals surface area contributed by atoms with Crippen molar-refractivity contribution in [3.8, 4) is 11.5 Å². The molecule has 13 nitrogen and oxygen atoms in total. The van der Waals surface area contributed by atoms with Crippen LogP contribution >= 0.6 is 7.60 Å². The molecule has 1 aliphatic heterocycles. The second-order valence-electron chi connectivity index (χ2n) is 13.5. The minimum atomic E-state index is -4.20. The van der Waals surface area contributed by atoms with E-state index in [9.17, 15) is 24.1 Å². The Morgan fingerprint density at radius 1 is 1.02 bits per heavy atom. The van der Waals surface area contributed by atoms with E-state index in [0.29, 0.717) is 30.8 Å². The van der Waals surface area contributed by atoms with Gasteiger partial charge in [-0.15, -0.1) is 0 Å². The number of carbonyl (C=O) groups excluding carboxylic acids is 3. The van der Waals surface area contributed by atoms with Gasteiger partial charge in [-0.25, -0.2) is 4.79 Å². The predicted octanol–water partition coefficient (Wildman–Crippen LogP) is 6.23. The maximum atomic E-state index is 14.3. The Bertz CT molecular complexity index is 1530. The molecule has 2 aromatic rings. The van der Waals surface area contributed by atoms with Crippen LogP contribution in [0.4, 0.5) is 4.79 Å². The number of hydrogen-bond donors (Lipinski definition) is 3. The van der Waals surface area contributed by atoms with Gasteiger partial charge in [0.05, 0.1) is 33.5 Å². The Hall–Kier alpha value is -3.90. The number of nitrogens with zero attached hydrogens (tertiary/aromatic N) is 1. The molecule has 0 spiro atoms. The fraction of sp³-hybridized carbons (Fsp3) is 0.564. The summed E-state index contributed by atoms with van der Waals surface area (Å²) in [6.45, 7) is 7.20. The van der Waals surface area contributed by atoms with Gasteiger partial charge in [0.2, 0.25) is 11.8 Å². The van der Waals surface area contributed by atoms with Crippen LogP contribution in [0.3, 0.4) is 0 Å². The van der Waals surface area contributed by atoms with Crippen molar-refractivity contribution in [1.82, 2.24) is 15.5 Å². The molecule has 294 valence electrons. The standard InChI is InChI=1S/C39H58N3O10P/c1-8-50-53(47,51-9-2)38(45)34-24-29(37(44)42(5)26-30-20-21-31(48-6)25-35(30)49-7)18-14-11-15-19-32(23-28-16-12-10-13-17-28)52-39(46)41-33(22-27(3)4)36(43)40-34/h10-14,16-17,20-21,25,27,29,32-34,38,45H,8-9,15,18-19,22-24,26H2,1-7H3,(H,40,43)(H,41,46)/b14-11-/t29?,32?,33-,34-,38-/m0/s1. The van der Waals surface area contributed by atoms with E-state index in [1.165, 1.54) is 0 Å². The first-order chi connectivity index (χ1) is 25.3. The number of rotatable bonds is 15. The van der Waals surface area contributed by atoms with Crippen molar-refractivity contribution >= 4 is 25.5 Å². The first-order valence-electron chi connectivity index (χ1n) is 18.3. The number of carbonyl (C=O) groups is 3. The van der Waals surface area contributed by atoms with Gasteiger partial charge in [-0.2, -0.15) is 0 Å². The third-order valence-corrected chi connectivity index (χ3v) is 11.2. The highest BCUT2D eigenvalue weighted by molar-refractivity contribution is 7.54. The quantitative estimate of drug-likeness (QED) is 0.140. The summed E-state index contributed by atoms with van der Waals surface area (Å²) < 4.78 is 41.7. The fourth-order valence-corrected chi connectivity index (χ4v) is 8.05. The molecular formula is C39H58N3O10P. The van der Waals surface area contributed by atoms with Gasteiger partial charge >= 0.3 is 13.7 Å². The van der Waals surface area contributed by atoms with Crippen LogP contribution in [-0.2, 0) is 40.9 Å². The molecule has 1 aliphatic rings. The minimum absolute atomic E-state index is 0.0170. The molecular weight excluding hydrogens is 701 g/mol. The van der Waals surface area contributed by atoms with Crippen molar-refractivity contribution in [3.05, 3.63) is 71.8 Å². The van der Waals surface area contributed by atoms with E-state index in [2.05, 4.69) is 10.6 Å². The molecule has 0 fully saturated rings. The number of ether oxygens (including phenoxy) is 3. The second kappa shape index (κ2) is 21.7. The van der Waals surface area contributed by atoms with Crippen LogP contribution in [0.2, 0.25) is 0 Å². The van der Waals surface area contributed by atoms with Gasteiger partial charge in [0.15, 0.2) is 5.85 Å². The number of amides is 3. The van der Waals surface area contributed by atoms with E-state index in [1.807, 2.05) is 62.4 Å². The maximum absolute atomic E-state index is 14.3. The zero-order valence-electron chi connectivity index (χ0n) is 32.1. The first kappa shape index (κ1) is 43.5. The summed E-state index contributed by atoms with van der Waals surface area (Å²) in [5, 5.41) is 17.2. The van der Waals surface area contributed by atoms with E-state index < -0.39 is 49.5 Å². The summed E-state index contributed by atoms with van der Waals surface area (Å²) in [6.07, 6.45) is 4.48. The number of cyclic esters (lactones) is 1. The number of aliphatic hydroxyl groups is 1. The molecule has 3 rings (SSSR count). The van der Waals surface area contributed by atoms with Gasteiger partial charge in [0.25, 0.3) is 0 Å². The molecule has 0 bridgehead atoms. The second-order valence-corrected chi connectivity index (χ2v) is 15.7. The molecule has 0 aliphatic carbocycles. The monoisotopic (exact) mass is 759 g/mol. The lowest BCUT2D eigenvalue weighted by Crippen LogP contribution is -2.54. The zero-order valence-corrected chi connectivity index (χ0v) is 33.0. The van der Waals surface area contributed by atoms with Crippen molar-refractivity contribution in [2.24, 2.45) is 11.8 Å². The molecule has 53 heavy (non-hydrogen) atoms. The number of methoxy groups -OCH3 is 2. The van der Waals surface area contributed by atoms with Crippen LogP contribution in [0.5, 0.6) is 11.5 Å². The van der Waals surface area contributed by atoms with E-state index in [-0.39, 0.29) is 50.8 Å². The Kier molecular flexibility index (Phi) is 17.8. The third-order valence-electron chi connectivity index (χ3n) is 8.93. The molecule has 3 N–H and O–H groups in total.